The first-order valence-electron chi connectivity index (χ1n) is 7.39. The van der Waals surface area contributed by atoms with E-state index < -0.39 is 0 Å². The first-order valence-corrected chi connectivity index (χ1v) is 8.44. The van der Waals surface area contributed by atoms with Gasteiger partial charge in [0.1, 0.15) is 16.9 Å². The quantitative estimate of drug-likeness (QED) is 0.842. The fraction of sp³-hybridized carbons (Fsp3) is 0.278. The molecule has 4 nitrogen and oxygen atoms in total. The van der Waals surface area contributed by atoms with Gasteiger partial charge in [-0.2, -0.15) is 0 Å². The van der Waals surface area contributed by atoms with Crippen LogP contribution in [0.1, 0.15) is 16.5 Å². The molecule has 1 amide bonds. The topological polar surface area (TPSA) is 38.8 Å². The predicted molar refractivity (Wildman–Crippen MR) is 91.7 cm³/mol. The second-order valence-corrected chi connectivity index (χ2v) is 6.38. The molecule has 2 aromatic carbocycles. The summed E-state index contributed by atoms with van der Waals surface area (Å²) >= 11 is 1.65. The van der Waals surface area contributed by atoms with Crippen molar-refractivity contribution in [3.05, 3.63) is 59.7 Å². The van der Waals surface area contributed by atoms with E-state index in [4.69, 9.17) is 9.47 Å². The maximum Gasteiger partial charge on any atom is 0.234 e. The minimum atomic E-state index is 0.0275. The van der Waals surface area contributed by atoms with Crippen LogP contribution in [0.2, 0.25) is 0 Å². The highest BCUT2D eigenvalue weighted by Crippen LogP contribution is 2.40. The molecule has 1 aliphatic rings. The molecule has 5 heteroatoms. The minimum absolute atomic E-state index is 0.0275. The molecule has 23 heavy (non-hydrogen) atoms. The van der Waals surface area contributed by atoms with Crippen LogP contribution in [0.3, 0.4) is 0 Å². The normalized spacial score (nSPS) is 17.4. The van der Waals surface area contributed by atoms with Crippen LogP contribution in [0.5, 0.6) is 11.5 Å². The second kappa shape index (κ2) is 6.96. The monoisotopic (exact) mass is 329 g/mol. The molecule has 1 atom stereocenters. The summed E-state index contributed by atoms with van der Waals surface area (Å²) in [7, 11) is 3.30. The molecule has 0 spiro atoms. The highest BCUT2D eigenvalue weighted by atomic mass is 32.2. The van der Waals surface area contributed by atoms with Crippen molar-refractivity contribution in [3.8, 4) is 11.5 Å². The molecule has 3 rings (SSSR count). The van der Waals surface area contributed by atoms with E-state index in [1.165, 1.54) is 0 Å². The average Bonchev–Trinajstić information content (AvgIpc) is 2.96. The lowest BCUT2D eigenvalue weighted by Gasteiger charge is -2.24. The predicted octanol–water partition coefficient (Wildman–Crippen LogP) is 3.48. The minimum Gasteiger partial charge on any atom is -0.497 e. The number of carbonyl (C=O) groups excluding carboxylic acids is 1. The lowest BCUT2D eigenvalue weighted by Crippen LogP contribution is -2.27. The van der Waals surface area contributed by atoms with E-state index in [0.717, 1.165) is 22.6 Å². The largest absolute Gasteiger partial charge is 0.497 e. The van der Waals surface area contributed by atoms with E-state index in [9.17, 15) is 4.79 Å². The van der Waals surface area contributed by atoms with Crippen LogP contribution in [-0.4, -0.2) is 30.8 Å². The van der Waals surface area contributed by atoms with Crippen molar-refractivity contribution >= 4 is 17.7 Å². The Bertz CT molecular complexity index is 687. The Kier molecular flexibility index (Phi) is 4.76. The molecule has 0 saturated carbocycles. The van der Waals surface area contributed by atoms with Crippen molar-refractivity contribution in [2.24, 2.45) is 0 Å². The molecule has 1 fully saturated rings. The molecule has 120 valence electrons. The lowest BCUT2D eigenvalue weighted by molar-refractivity contribution is -0.128. The lowest BCUT2D eigenvalue weighted by atomic mass is 10.1. The molecule has 1 saturated heterocycles. The van der Waals surface area contributed by atoms with Crippen molar-refractivity contribution in [2.45, 2.75) is 11.9 Å². The number of amides is 1. The van der Waals surface area contributed by atoms with E-state index in [-0.39, 0.29) is 11.3 Å². The number of ether oxygens (including phenoxy) is 2. The third-order valence-electron chi connectivity index (χ3n) is 3.86. The number of hydrogen-bond donors (Lipinski definition) is 0. The SMILES string of the molecule is COc1ccc(CN2C(=O)CSC2c2cccc(OC)c2)cc1. The van der Waals surface area contributed by atoms with Gasteiger partial charge in [0.25, 0.3) is 0 Å². The first kappa shape index (κ1) is 15.7. The highest BCUT2D eigenvalue weighted by molar-refractivity contribution is 8.00. The summed E-state index contributed by atoms with van der Waals surface area (Å²) < 4.78 is 10.5. The number of rotatable bonds is 5. The smallest absolute Gasteiger partial charge is 0.234 e. The zero-order chi connectivity index (χ0) is 16.2. The van der Waals surface area contributed by atoms with Crippen LogP contribution in [0.15, 0.2) is 48.5 Å². The number of hydrogen-bond acceptors (Lipinski definition) is 4. The molecule has 1 heterocycles. The molecule has 1 unspecified atom stereocenters. The van der Waals surface area contributed by atoms with Gasteiger partial charge >= 0.3 is 0 Å². The summed E-state index contributed by atoms with van der Waals surface area (Å²) in [5, 5.41) is 0.0275. The van der Waals surface area contributed by atoms with Crippen LogP contribution in [-0.2, 0) is 11.3 Å². The summed E-state index contributed by atoms with van der Waals surface area (Å²) in [6.07, 6.45) is 0. The summed E-state index contributed by atoms with van der Waals surface area (Å²) in [5.74, 6) is 2.31. The number of nitrogens with zero attached hydrogens (tertiary/aromatic N) is 1. The van der Waals surface area contributed by atoms with Crippen molar-refractivity contribution < 1.29 is 14.3 Å². The number of carbonyl (C=O) groups is 1. The summed E-state index contributed by atoms with van der Waals surface area (Å²) in [6, 6.07) is 15.8. The molecule has 0 bridgehead atoms. The molecular formula is C18H19NO3S. The summed E-state index contributed by atoms with van der Waals surface area (Å²) in [6.45, 7) is 0.595. The van der Waals surface area contributed by atoms with Crippen LogP contribution in [0, 0.1) is 0 Å². The Balaban J connectivity index is 1.81. The van der Waals surface area contributed by atoms with Gasteiger partial charge in [-0.15, -0.1) is 11.8 Å². The molecule has 0 radical (unpaired) electrons. The van der Waals surface area contributed by atoms with Crippen LogP contribution < -0.4 is 9.47 Å². The van der Waals surface area contributed by atoms with E-state index >= 15 is 0 Å². The van der Waals surface area contributed by atoms with Gasteiger partial charge < -0.3 is 14.4 Å². The van der Waals surface area contributed by atoms with Gasteiger partial charge in [-0.05, 0) is 35.4 Å². The first-order chi connectivity index (χ1) is 11.2. The van der Waals surface area contributed by atoms with E-state index in [1.807, 2.05) is 53.4 Å². The van der Waals surface area contributed by atoms with Crippen LogP contribution >= 0.6 is 11.8 Å². The zero-order valence-corrected chi connectivity index (χ0v) is 14.0. The number of methoxy groups -OCH3 is 2. The standard InChI is InChI=1S/C18H19NO3S/c1-21-15-8-6-13(7-9-15)11-19-17(20)12-23-18(19)14-4-3-5-16(10-14)22-2/h3-10,18H,11-12H2,1-2H3. The number of benzene rings is 2. The van der Waals surface area contributed by atoms with Gasteiger partial charge in [-0.3, -0.25) is 4.79 Å². The molecular weight excluding hydrogens is 310 g/mol. The van der Waals surface area contributed by atoms with Gasteiger partial charge in [0.2, 0.25) is 5.91 Å². The molecule has 1 aliphatic heterocycles. The van der Waals surface area contributed by atoms with Crippen LogP contribution in [0.4, 0.5) is 0 Å². The molecule has 0 aromatic heterocycles. The molecule has 2 aromatic rings. The van der Waals surface area contributed by atoms with Gasteiger partial charge in [-0.25, -0.2) is 0 Å². The Hall–Kier alpha value is -2.14. The highest BCUT2D eigenvalue weighted by Gasteiger charge is 2.32. The average molecular weight is 329 g/mol. The van der Waals surface area contributed by atoms with Crippen molar-refractivity contribution in [3.63, 3.8) is 0 Å². The van der Waals surface area contributed by atoms with Gasteiger partial charge in [0, 0.05) is 6.54 Å². The Morgan fingerprint density at radius 2 is 1.83 bits per heavy atom. The van der Waals surface area contributed by atoms with Crippen molar-refractivity contribution in [1.29, 1.82) is 0 Å². The van der Waals surface area contributed by atoms with Gasteiger partial charge in [0.05, 0.1) is 20.0 Å². The Morgan fingerprint density at radius 1 is 1.09 bits per heavy atom. The van der Waals surface area contributed by atoms with Gasteiger partial charge in [-0.1, -0.05) is 24.3 Å². The van der Waals surface area contributed by atoms with Crippen molar-refractivity contribution in [1.82, 2.24) is 4.90 Å². The Morgan fingerprint density at radius 3 is 2.52 bits per heavy atom. The Labute approximate surface area is 140 Å². The van der Waals surface area contributed by atoms with E-state index in [0.29, 0.717) is 12.3 Å². The maximum atomic E-state index is 12.3. The van der Waals surface area contributed by atoms with Crippen LogP contribution in [0.25, 0.3) is 0 Å². The van der Waals surface area contributed by atoms with E-state index in [1.54, 1.807) is 26.0 Å². The molecule has 0 N–H and O–H groups in total. The van der Waals surface area contributed by atoms with Crippen molar-refractivity contribution in [2.75, 3.05) is 20.0 Å². The second-order valence-electron chi connectivity index (χ2n) is 5.31. The zero-order valence-electron chi connectivity index (χ0n) is 13.2. The third kappa shape index (κ3) is 3.45. The van der Waals surface area contributed by atoms with Gasteiger partial charge in [0.15, 0.2) is 0 Å². The summed E-state index contributed by atoms with van der Waals surface area (Å²) in [4.78, 5) is 14.2. The number of thioether (sulfide) groups is 1. The fourth-order valence-electron chi connectivity index (χ4n) is 2.62. The summed E-state index contributed by atoms with van der Waals surface area (Å²) in [5.41, 5.74) is 2.18. The fourth-order valence-corrected chi connectivity index (χ4v) is 3.80. The molecule has 0 aliphatic carbocycles. The van der Waals surface area contributed by atoms with E-state index in [2.05, 4.69) is 0 Å². The third-order valence-corrected chi connectivity index (χ3v) is 5.12. The maximum absolute atomic E-state index is 12.3.